The van der Waals surface area contributed by atoms with Crippen LogP contribution in [0.3, 0.4) is 0 Å². The highest BCUT2D eigenvalue weighted by atomic mass is 19.4. The predicted octanol–water partition coefficient (Wildman–Crippen LogP) is 8.85. The Morgan fingerprint density at radius 3 is 2.18 bits per heavy atom. The van der Waals surface area contributed by atoms with Gasteiger partial charge in [-0.05, 0) is 41.7 Å². The number of unbranched alkanes of at least 4 members (excludes halogenated alkanes) is 3. The molecule has 0 atom stereocenters. The quantitative estimate of drug-likeness (QED) is 0.202. The third-order valence-corrected chi connectivity index (χ3v) is 5.93. The number of rotatable bonds is 7. The third kappa shape index (κ3) is 5.08. The standard InChI is InChI=1S/C28H25F4N/c1-2-3-4-5-8-19-11-13-20(14-12-19)24-17-21(15-16-25(24)28(30,31)32)27-23-10-7-6-9-22(23)26(29)18-33-27/h6-7,9-18H,2-5,8H2,1H3. The fourth-order valence-corrected chi connectivity index (χ4v) is 4.17. The molecule has 0 bridgehead atoms. The largest absolute Gasteiger partial charge is 0.417 e. The number of aryl methyl sites for hydroxylation is 1. The molecule has 1 nitrogen and oxygen atoms in total. The minimum absolute atomic E-state index is 0.0905. The Morgan fingerprint density at radius 2 is 1.48 bits per heavy atom. The molecule has 0 fully saturated rings. The van der Waals surface area contributed by atoms with E-state index in [0.717, 1.165) is 43.5 Å². The van der Waals surface area contributed by atoms with E-state index in [-0.39, 0.29) is 5.56 Å². The first-order chi connectivity index (χ1) is 15.9. The number of benzene rings is 3. The highest BCUT2D eigenvalue weighted by Crippen LogP contribution is 2.40. The second-order valence-electron chi connectivity index (χ2n) is 8.27. The van der Waals surface area contributed by atoms with Crippen LogP contribution in [0.25, 0.3) is 33.2 Å². The van der Waals surface area contributed by atoms with Gasteiger partial charge in [0.2, 0.25) is 0 Å². The minimum atomic E-state index is -4.50. The average Bonchev–Trinajstić information content (AvgIpc) is 2.82. The van der Waals surface area contributed by atoms with Crippen molar-refractivity contribution in [3.05, 3.63) is 89.9 Å². The van der Waals surface area contributed by atoms with Gasteiger partial charge in [0.1, 0.15) is 5.82 Å². The molecule has 1 heterocycles. The maximum Gasteiger partial charge on any atom is 0.417 e. The Bertz CT molecular complexity index is 1240. The van der Waals surface area contributed by atoms with Crippen LogP contribution in [0.5, 0.6) is 0 Å². The van der Waals surface area contributed by atoms with Crippen molar-refractivity contribution < 1.29 is 17.6 Å². The van der Waals surface area contributed by atoms with Gasteiger partial charge in [-0.15, -0.1) is 0 Å². The van der Waals surface area contributed by atoms with Gasteiger partial charge in [0.15, 0.2) is 0 Å². The SMILES string of the molecule is CCCCCCc1ccc(-c2cc(-c3ncc(F)c4ccccc34)ccc2C(F)(F)F)cc1. The fourth-order valence-electron chi connectivity index (χ4n) is 4.17. The molecule has 0 saturated heterocycles. The summed E-state index contributed by atoms with van der Waals surface area (Å²) < 4.78 is 55.7. The summed E-state index contributed by atoms with van der Waals surface area (Å²) in [4.78, 5) is 4.21. The van der Waals surface area contributed by atoms with Gasteiger partial charge < -0.3 is 0 Å². The Labute approximate surface area is 191 Å². The fraction of sp³-hybridized carbons (Fsp3) is 0.250. The number of alkyl halides is 3. The normalized spacial score (nSPS) is 11.8. The summed E-state index contributed by atoms with van der Waals surface area (Å²) in [5.41, 5.74) is 1.96. The number of nitrogens with zero attached hydrogens (tertiary/aromatic N) is 1. The van der Waals surface area contributed by atoms with Crippen molar-refractivity contribution in [2.24, 2.45) is 0 Å². The Morgan fingerprint density at radius 1 is 0.788 bits per heavy atom. The van der Waals surface area contributed by atoms with Gasteiger partial charge in [-0.25, -0.2) is 4.39 Å². The first-order valence-corrected chi connectivity index (χ1v) is 11.2. The van der Waals surface area contributed by atoms with Crippen LogP contribution in [0.1, 0.15) is 43.7 Å². The zero-order valence-corrected chi connectivity index (χ0v) is 18.4. The summed E-state index contributed by atoms with van der Waals surface area (Å²) in [6, 6.07) is 18.1. The molecule has 0 saturated carbocycles. The smallest absolute Gasteiger partial charge is 0.253 e. The van der Waals surface area contributed by atoms with Crippen LogP contribution in [-0.4, -0.2) is 4.98 Å². The van der Waals surface area contributed by atoms with E-state index in [1.807, 2.05) is 12.1 Å². The van der Waals surface area contributed by atoms with Crippen molar-refractivity contribution >= 4 is 10.8 Å². The number of halogens is 4. The van der Waals surface area contributed by atoms with Gasteiger partial charge in [0.05, 0.1) is 17.5 Å². The molecule has 0 unspecified atom stereocenters. The van der Waals surface area contributed by atoms with Crippen LogP contribution >= 0.6 is 0 Å². The van der Waals surface area contributed by atoms with Crippen LogP contribution in [0.15, 0.2) is 72.9 Å². The van der Waals surface area contributed by atoms with E-state index in [9.17, 15) is 17.6 Å². The number of aromatic nitrogens is 1. The number of fused-ring (bicyclic) bond motifs is 1. The average molecular weight is 452 g/mol. The van der Waals surface area contributed by atoms with Crippen molar-refractivity contribution in [3.63, 3.8) is 0 Å². The van der Waals surface area contributed by atoms with E-state index in [1.54, 1.807) is 36.4 Å². The molecule has 4 rings (SSSR count). The highest BCUT2D eigenvalue weighted by molar-refractivity contribution is 5.95. The van der Waals surface area contributed by atoms with E-state index in [0.29, 0.717) is 27.6 Å². The first-order valence-electron chi connectivity index (χ1n) is 11.2. The van der Waals surface area contributed by atoms with Gasteiger partial charge in [-0.2, -0.15) is 13.2 Å². The van der Waals surface area contributed by atoms with Crippen LogP contribution < -0.4 is 0 Å². The molecule has 4 aromatic rings. The van der Waals surface area contributed by atoms with Gasteiger partial charge in [0, 0.05) is 16.3 Å². The molecule has 3 aromatic carbocycles. The molecule has 33 heavy (non-hydrogen) atoms. The molecule has 0 amide bonds. The zero-order chi connectivity index (χ0) is 23.4. The molecule has 0 aliphatic heterocycles. The van der Waals surface area contributed by atoms with Crippen LogP contribution in [0, 0.1) is 5.82 Å². The molecule has 5 heteroatoms. The van der Waals surface area contributed by atoms with E-state index < -0.39 is 17.6 Å². The Balaban J connectivity index is 1.75. The van der Waals surface area contributed by atoms with Crippen molar-refractivity contribution in [2.75, 3.05) is 0 Å². The molecular formula is C28H25F4N. The molecule has 1 aromatic heterocycles. The summed E-state index contributed by atoms with van der Waals surface area (Å²) in [6.45, 7) is 2.16. The second-order valence-corrected chi connectivity index (χ2v) is 8.27. The molecule has 0 aliphatic rings. The van der Waals surface area contributed by atoms with Crippen molar-refractivity contribution in [1.82, 2.24) is 4.98 Å². The van der Waals surface area contributed by atoms with Crippen LogP contribution in [-0.2, 0) is 12.6 Å². The predicted molar refractivity (Wildman–Crippen MR) is 125 cm³/mol. The summed E-state index contributed by atoms with van der Waals surface area (Å²) >= 11 is 0. The molecule has 0 radical (unpaired) electrons. The van der Waals surface area contributed by atoms with Gasteiger partial charge >= 0.3 is 6.18 Å². The lowest BCUT2D eigenvalue weighted by molar-refractivity contribution is -0.137. The Hall–Kier alpha value is -3.21. The summed E-state index contributed by atoms with van der Waals surface area (Å²) in [5.74, 6) is -0.462. The lowest BCUT2D eigenvalue weighted by Gasteiger charge is -2.16. The molecular weight excluding hydrogens is 426 g/mol. The minimum Gasteiger partial charge on any atom is -0.253 e. The van der Waals surface area contributed by atoms with E-state index in [2.05, 4.69) is 11.9 Å². The lowest BCUT2D eigenvalue weighted by Crippen LogP contribution is -2.07. The van der Waals surface area contributed by atoms with E-state index in [4.69, 9.17) is 0 Å². The summed E-state index contributed by atoms with van der Waals surface area (Å²) in [6.07, 6.45) is 2.10. The first kappa shape index (κ1) is 23.0. The summed E-state index contributed by atoms with van der Waals surface area (Å²) in [5, 5.41) is 0.946. The molecule has 0 N–H and O–H groups in total. The maximum absolute atomic E-state index is 14.2. The molecule has 0 aliphatic carbocycles. The van der Waals surface area contributed by atoms with Gasteiger partial charge in [0.25, 0.3) is 0 Å². The van der Waals surface area contributed by atoms with Crippen molar-refractivity contribution in [3.8, 4) is 22.4 Å². The monoisotopic (exact) mass is 451 g/mol. The van der Waals surface area contributed by atoms with Crippen molar-refractivity contribution in [1.29, 1.82) is 0 Å². The Kier molecular flexibility index (Phi) is 6.77. The topological polar surface area (TPSA) is 12.9 Å². The number of hydrogen-bond donors (Lipinski definition) is 0. The summed E-state index contributed by atoms with van der Waals surface area (Å²) in [7, 11) is 0. The highest BCUT2D eigenvalue weighted by Gasteiger charge is 2.34. The number of pyridine rings is 1. The van der Waals surface area contributed by atoms with Crippen LogP contribution in [0.4, 0.5) is 17.6 Å². The second kappa shape index (κ2) is 9.74. The maximum atomic E-state index is 14.2. The lowest BCUT2D eigenvalue weighted by atomic mass is 9.93. The van der Waals surface area contributed by atoms with Gasteiger partial charge in [-0.3, -0.25) is 4.98 Å². The van der Waals surface area contributed by atoms with Gasteiger partial charge in [-0.1, -0.05) is 80.8 Å². The van der Waals surface area contributed by atoms with Crippen molar-refractivity contribution in [2.45, 2.75) is 45.2 Å². The molecule has 170 valence electrons. The van der Waals surface area contributed by atoms with E-state index in [1.165, 1.54) is 18.6 Å². The molecule has 0 spiro atoms. The van der Waals surface area contributed by atoms with E-state index >= 15 is 0 Å². The number of hydrogen-bond acceptors (Lipinski definition) is 1. The van der Waals surface area contributed by atoms with Crippen LogP contribution in [0.2, 0.25) is 0 Å². The zero-order valence-electron chi connectivity index (χ0n) is 18.4. The third-order valence-electron chi connectivity index (χ3n) is 5.93.